The second kappa shape index (κ2) is 5.98. The third-order valence-electron chi connectivity index (χ3n) is 3.14. The van der Waals surface area contributed by atoms with E-state index in [4.69, 9.17) is 11.6 Å². The van der Waals surface area contributed by atoms with Crippen LogP contribution in [0.15, 0.2) is 41.3 Å². The van der Waals surface area contributed by atoms with Crippen molar-refractivity contribution >= 4 is 33.3 Å². The maximum absolute atomic E-state index is 12.4. The summed E-state index contributed by atoms with van der Waals surface area (Å²) in [6.45, 7) is 3.45. The van der Waals surface area contributed by atoms with Crippen molar-refractivity contribution in [1.82, 2.24) is 0 Å². The Hall–Kier alpha value is -2.05. The molecule has 7 heteroatoms. The second-order valence-electron chi connectivity index (χ2n) is 4.84. The summed E-state index contributed by atoms with van der Waals surface area (Å²) in [7, 11) is -3.90. The number of hydrogen-bond acceptors (Lipinski definition) is 3. The van der Waals surface area contributed by atoms with Gasteiger partial charge in [0, 0.05) is 0 Å². The summed E-state index contributed by atoms with van der Waals surface area (Å²) < 4.78 is 27.1. The Morgan fingerprint density at radius 2 is 1.68 bits per heavy atom. The van der Waals surface area contributed by atoms with Gasteiger partial charge in [-0.15, -0.1) is 0 Å². The molecule has 0 amide bonds. The maximum atomic E-state index is 12.4. The maximum Gasteiger partial charge on any atom is 0.339 e. The van der Waals surface area contributed by atoms with Crippen molar-refractivity contribution in [3.63, 3.8) is 0 Å². The highest BCUT2D eigenvalue weighted by Gasteiger charge is 2.22. The molecule has 2 rings (SSSR count). The molecule has 0 aliphatic rings. The minimum Gasteiger partial charge on any atom is -0.478 e. The van der Waals surface area contributed by atoms with Crippen molar-refractivity contribution in [2.24, 2.45) is 0 Å². The van der Waals surface area contributed by atoms with Crippen molar-refractivity contribution < 1.29 is 18.3 Å². The van der Waals surface area contributed by atoms with Gasteiger partial charge in [-0.25, -0.2) is 13.2 Å². The highest BCUT2D eigenvalue weighted by molar-refractivity contribution is 7.92. The van der Waals surface area contributed by atoms with Crippen LogP contribution in [-0.2, 0) is 10.0 Å². The average Bonchev–Trinajstić information content (AvgIpc) is 2.43. The first-order valence-corrected chi connectivity index (χ1v) is 8.20. The van der Waals surface area contributed by atoms with Crippen molar-refractivity contribution in [3.05, 3.63) is 58.1 Å². The second-order valence-corrected chi connectivity index (χ2v) is 6.93. The van der Waals surface area contributed by atoms with E-state index in [0.717, 1.165) is 5.56 Å². The molecule has 0 heterocycles. The van der Waals surface area contributed by atoms with Crippen LogP contribution in [0.5, 0.6) is 0 Å². The van der Waals surface area contributed by atoms with Gasteiger partial charge in [0.05, 0.1) is 15.6 Å². The third kappa shape index (κ3) is 3.23. The molecule has 0 radical (unpaired) electrons. The fourth-order valence-electron chi connectivity index (χ4n) is 1.93. The van der Waals surface area contributed by atoms with Crippen molar-refractivity contribution in [2.75, 3.05) is 4.72 Å². The lowest BCUT2D eigenvalue weighted by molar-refractivity contribution is 0.0698. The van der Waals surface area contributed by atoms with Crippen LogP contribution < -0.4 is 4.72 Å². The van der Waals surface area contributed by atoms with E-state index in [1.165, 1.54) is 18.2 Å². The molecule has 116 valence electrons. The minimum atomic E-state index is -3.90. The molecule has 22 heavy (non-hydrogen) atoms. The number of sulfonamides is 1. The standard InChI is InChI=1S/C15H14ClNO4S/c1-9-3-6-11(7-4-9)22(20,21)17-14-10(2)5-8-12(16)13(14)15(18)19/h3-8,17H,1-2H3,(H,18,19). The van der Waals surface area contributed by atoms with E-state index in [1.54, 1.807) is 25.1 Å². The van der Waals surface area contributed by atoms with Crippen LogP contribution in [0.4, 0.5) is 5.69 Å². The zero-order chi connectivity index (χ0) is 16.5. The number of aryl methyl sites for hydroxylation is 2. The fraction of sp³-hybridized carbons (Fsp3) is 0.133. The average molecular weight is 340 g/mol. The molecule has 5 nitrogen and oxygen atoms in total. The number of rotatable bonds is 4. The lowest BCUT2D eigenvalue weighted by Gasteiger charge is -2.14. The molecule has 0 aliphatic carbocycles. The molecule has 0 aromatic heterocycles. The van der Waals surface area contributed by atoms with Crippen LogP contribution in [0, 0.1) is 13.8 Å². The Kier molecular flexibility index (Phi) is 4.44. The Labute approximate surface area is 133 Å². The summed E-state index contributed by atoms with van der Waals surface area (Å²) in [5.74, 6) is -1.30. The van der Waals surface area contributed by atoms with Crippen LogP contribution in [0.2, 0.25) is 5.02 Å². The van der Waals surface area contributed by atoms with Gasteiger partial charge in [0.1, 0.15) is 5.56 Å². The van der Waals surface area contributed by atoms with E-state index in [2.05, 4.69) is 4.72 Å². The molecule has 0 spiro atoms. The number of aromatic carboxylic acids is 1. The zero-order valence-corrected chi connectivity index (χ0v) is 13.5. The first-order chi connectivity index (χ1) is 10.2. The van der Waals surface area contributed by atoms with Gasteiger partial charge >= 0.3 is 5.97 Å². The van der Waals surface area contributed by atoms with E-state index in [1.807, 2.05) is 6.92 Å². The Balaban J connectivity index is 2.53. The van der Waals surface area contributed by atoms with Gasteiger partial charge in [0.2, 0.25) is 0 Å². The van der Waals surface area contributed by atoms with E-state index in [9.17, 15) is 18.3 Å². The predicted octanol–water partition coefficient (Wildman–Crippen LogP) is 3.46. The third-order valence-corrected chi connectivity index (χ3v) is 4.82. The minimum absolute atomic E-state index is 0.0272. The lowest BCUT2D eigenvalue weighted by atomic mass is 10.1. The van der Waals surface area contributed by atoms with Gasteiger partial charge in [-0.05, 0) is 37.6 Å². The number of nitrogens with one attached hydrogen (secondary N) is 1. The van der Waals surface area contributed by atoms with Gasteiger partial charge in [-0.2, -0.15) is 0 Å². The van der Waals surface area contributed by atoms with Crippen molar-refractivity contribution in [2.45, 2.75) is 18.7 Å². The summed E-state index contributed by atoms with van der Waals surface area (Å²) >= 11 is 5.88. The summed E-state index contributed by atoms with van der Waals surface area (Å²) in [6.07, 6.45) is 0. The van der Waals surface area contributed by atoms with E-state index in [0.29, 0.717) is 5.56 Å². The Bertz CT molecular complexity index is 829. The first kappa shape index (κ1) is 16.3. The summed E-state index contributed by atoms with van der Waals surface area (Å²) in [5, 5.41) is 9.23. The number of halogens is 1. The van der Waals surface area contributed by atoms with E-state index in [-0.39, 0.29) is 21.2 Å². The van der Waals surface area contributed by atoms with Crippen LogP contribution in [0.1, 0.15) is 21.5 Å². The van der Waals surface area contributed by atoms with Crippen molar-refractivity contribution in [1.29, 1.82) is 0 Å². The molecular weight excluding hydrogens is 326 g/mol. The largest absolute Gasteiger partial charge is 0.478 e. The number of carboxylic acids is 1. The van der Waals surface area contributed by atoms with Gasteiger partial charge < -0.3 is 5.11 Å². The van der Waals surface area contributed by atoms with Crippen molar-refractivity contribution in [3.8, 4) is 0 Å². The topological polar surface area (TPSA) is 83.5 Å². The van der Waals surface area contributed by atoms with Gasteiger partial charge in [-0.3, -0.25) is 4.72 Å². The first-order valence-electron chi connectivity index (χ1n) is 6.34. The zero-order valence-electron chi connectivity index (χ0n) is 11.9. The molecular formula is C15H14ClNO4S. The predicted molar refractivity (Wildman–Crippen MR) is 85.1 cm³/mol. The number of carbonyl (C=O) groups is 1. The van der Waals surface area contributed by atoms with E-state index >= 15 is 0 Å². The van der Waals surface area contributed by atoms with Crippen LogP contribution in [0.25, 0.3) is 0 Å². The molecule has 0 aliphatic heterocycles. The quantitative estimate of drug-likeness (QED) is 0.893. The molecule has 0 atom stereocenters. The smallest absolute Gasteiger partial charge is 0.339 e. The van der Waals surface area contributed by atoms with Crippen LogP contribution >= 0.6 is 11.6 Å². The molecule has 0 bridgehead atoms. The highest BCUT2D eigenvalue weighted by atomic mass is 35.5. The van der Waals surface area contributed by atoms with Gasteiger partial charge in [0.25, 0.3) is 10.0 Å². The fourth-order valence-corrected chi connectivity index (χ4v) is 3.32. The van der Waals surface area contributed by atoms with Crippen LogP contribution in [0.3, 0.4) is 0 Å². The molecule has 0 saturated heterocycles. The summed E-state index contributed by atoms with van der Waals surface area (Å²) in [5.41, 5.74) is 1.10. The molecule has 2 aromatic rings. The SMILES string of the molecule is Cc1ccc(S(=O)(=O)Nc2c(C)ccc(Cl)c2C(=O)O)cc1. The number of benzene rings is 2. The number of hydrogen-bond donors (Lipinski definition) is 2. The number of carboxylic acid groups (broad SMARTS) is 1. The lowest BCUT2D eigenvalue weighted by Crippen LogP contribution is -2.17. The summed E-state index contributed by atoms with van der Waals surface area (Å²) in [4.78, 5) is 11.4. The molecule has 2 aromatic carbocycles. The number of anilines is 1. The molecule has 0 fully saturated rings. The van der Waals surface area contributed by atoms with Gasteiger partial charge in [0.15, 0.2) is 0 Å². The normalized spacial score (nSPS) is 11.2. The van der Waals surface area contributed by atoms with Crippen LogP contribution in [-0.4, -0.2) is 19.5 Å². The Morgan fingerprint density at radius 3 is 2.23 bits per heavy atom. The summed E-state index contributed by atoms with van der Waals surface area (Å²) in [6, 6.07) is 9.22. The monoisotopic (exact) mass is 339 g/mol. The molecule has 2 N–H and O–H groups in total. The molecule has 0 unspecified atom stereocenters. The molecule has 0 saturated carbocycles. The Morgan fingerprint density at radius 1 is 1.09 bits per heavy atom. The van der Waals surface area contributed by atoms with E-state index < -0.39 is 16.0 Å². The highest BCUT2D eigenvalue weighted by Crippen LogP contribution is 2.30. The van der Waals surface area contributed by atoms with Gasteiger partial charge in [-0.1, -0.05) is 35.4 Å².